The fourth-order valence-electron chi connectivity index (χ4n) is 6.16. The normalized spacial score (nSPS) is 11.1. The van der Waals surface area contributed by atoms with E-state index in [9.17, 15) is 0 Å². The summed E-state index contributed by atoms with van der Waals surface area (Å²) < 4.78 is 6.64. The Hall–Kier alpha value is -6.06. The molecule has 0 saturated heterocycles. The predicted molar refractivity (Wildman–Crippen MR) is 189 cm³/mol. The lowest BCUT2D eigenvalue weighted by Gasteiger charge is -2.28. The van der Waals surface area contributed by atoms with Gasteiger partial charge in [-0.05, 0) is 65.2 Å². The highest BCUT2D eigenvalue weighted by atomic mass is 16.3. The Morgan fingerprint density at radius 2 is 1.04 bits per heavy atom. The first-order valence-corrected chi connectivity index (χ1v) is 15.2. The molecule has 3 heteroatoms. The summed E-state index contributed by atoms with van der Waals surface area (Å²) in [6, 6.07) is 61.4. The van der Waals surface area contributed by atoms with E-state index >= 15 is 0 Å². The molecule has 0 spiro atoms. The molecule has 8 rings (SSSR count). The van der Waals surface area contributed by atoms with E-state index < -0.39 is 0 Å². The van der Waals surface area contributed by atoms with Crippen LogP contribution in [0.5, 0.6) is 0 Å². The minimum absolute atomic E-state index is 0.830. The number of hydrogen-bond acceptors (Lipinski definition) is 3. The third-order valence-electron chi connectivity index (χ3n) is 8.26. The van der Waals surface area contributed by atoms with Crippen molar-refractivity contribution >= 4 is 50.4 Å². The maximum absolute atomic E-state index is 6.64. The lowest BCUT2D eigenvalue weighted by atomic mass is 10.0. The van der Waals surface area contributed by atoms with Gasteiger partial charge in [0.05, 0.1) is 22.4 Å². The Balaban J connectivity index is 1.26. The Labute approximate surface area is 262 Å². The molecule has 0 aliphatic rings. The first-order valence-electron chi connectivity index (χ1n) is 15.2. The smallest absolute Gasteiger partial charge is 0.158 e. The molecular formula is C42H30N2O. The number of rotatable bonds is 7. The van der Waals surface area contributed by atoms with E-state index in [1.165, 1.54) is 16.7 Å². The predicted octanol–water partition coefficient (Wildman–Crippen LogP) is 12.1. The Morgan fingerprint density at radius 1 is 0.444 bits per heavy atom. The van der Waals surface area contributed by atoms with Crippen molar-refractivity contribution < 1.29 is 4.42 Å². The number of hydrogen-bond donors (Lipinski definition) is 1. The molecular weight excluding hydrogens is 548 g/mol. The van der Waals surface area contributed by atoms with E-state index in [-0.39, 0.29) is 0 Å². The average Bonchev–Trinajstić information content (AvgIpc) is 3.51. The van der Waals surface area contributed by atoms with Crippen LogP contribution in [0.1, 0.15) is 0 Å². The number of nitrogens with zero attached hydrogens (tertiary/aromatic N) is 1. The first-order chi connectivity index (χ1) is 22.3. The van der Waals surface area contributed by atoms with Gasteiger partial charge >= 0.3 is 0 Å². The Bertz CT molecular complexity index is 2220. The van der Waals surface area contributed by atoms with Crippen molar-refractivity contribution in [2.45, 2.75) is 0 Å². The minimum atomic E-state index is 0.830. The zero-order valence-electron chi connectivity index (χ0n) is 24.6. The molecule has 8 aromatic rings. The molecule has 0 radical (unpaired) electrons. The lowest BCUT2D eigenvalue weighted by Crippen LogP contribution is -2.11. The Morgan fingerprint density at radius 3 is 1.80 bits per heavy atom. The van der Waals surface area contributed by atoms with E-state index in [1.54, 1.807) is 0 Å². The molecule has 0 atom stereocenters. The van der Waals surface area contributed by atoms with Crippen LogP contribution in [0, 0.1) is 0 Å². The molecule has 3 nitrogen and oxygen atoms in total. The number of fused-ring (bicyclic) bond motifs is 3. The molecule has 0 aliphatic carbocycles. The zero-order chi connectivity index (χ0) is 30.0. The van der Waals surface area contributed by atoms with Gasteiger partial charge in [0.1, 0.15) is 5.58 Å². The van der Waals surface area contributed by atoms with E-state index in [0.29, 0.717) is 0 Å². The van der Waals surface area contributed by atoms with Crippen LogP contribution >= 0.6 is 0 Å². The summed E-state index contributed by atoms with van der Waals surface area (Å²) in [6.45, 7) is 0. The molecule has 214 valence electrons. The van der Waals surface area contributed by atoms with Crippen LogP contribution in [0.4, 0.5) is 28.4 Å². The highest BCUT2D eigenvalue weighted by Crippen LogP contribution is 2.46. The third kappa shape index (κ3) is 5.01. The molecule has 0 saturated carbocycles. The van der Waals surface area contributed by atoms with Gasteiger partial charge in [0.25, 0.3) is 0 Å². The van der Waals surface area contributed by atoms with E-state index in [2.05, 4.69) is 180 Å². The maximum Gasteiger partial charge on any atom is 0.158 e. The summed E-state index contributed by atoms with van der Waals surface area (Å²) in [5.74, 6) is 0. The van der Waals surface area contributed by atoms with Gasteiger partial charge in [-0.2, -0.15) is 0 Å². The van der Waals surface area contributed by atoms with Crippen LogP contribution in [0.25, 0.3) is 44.2 Å². The molecule has 1 aromatic heterocycles. The van der Waals surface area contributed by atoms with Crippen LogP contribution in [0.3, 0.4) is 0 Å². The largest absolute Gasteiger partial charge is 0.454 e. The molecule has 0 fully saturated rings. The standard InChI is InChI=1S/C42H30N2O/c1-4-14-30(15-5-1)31-26-28-33(29-27-31)43-37-22-12-21-36-41-39(24-13-25-40(41)45-42(36)37)44(34-18-8-3-9-19-34)38-23-11-10-20-35(38)32-16-6-2-7-17-32/h1-29,43H. The topological polar surface area (TPSA) is 28.4 Å². The van der Waals surface area contributed by atoms with Gasteiger partial charge in [-0.25, -0.2) is 0 Å². The molecule has 1 heterocycles. The molecule has 0 aliphatic heterocycles. The summed E-state index contributed by atoms with van der Waals surface area (Å²) in [6.07, 6.45) is 0. The molecule has 0 amide bonds. The van der Waals surface area contributed by atoms with Gasteiger partial charge in [-0.15, -0.1) is 0 Å². The fraction of sp³-hybridized carbons (Fsp3) is 0. The van der Waals surface area contributed by atoms with Gasteiger partial charge in [-0.1, -0.05) is 127 Å². The highest BCUT2D eigenvalue weighted by Gasteiger charge is 2.22. The summed E-state index contributed by atoms with van der Waals surface area (Å²) in [5, 5.41) is 5.75. The zero-order valence-corrected chi connectivity index (χ0v) is 24.6. The lowest BCUT2D eigenvalue weighted by molar-refractivity contribution is 0.670. The second-order valence-electron chi connectivity index (χ2n) is 11.1. The SMILES string of the molecule is c1ccc(-c2ccc(Nc3cccc4c3oc3cccc(N(c5ccccc5)c5ccccc5-c5ccccc5)c34)cc2)cc1. The Kier molecular flexibility index (Phi) is 6.82. The molecule has 0 bridgehead atoms. The quantitative estimate of drug-likeness (QED) is 0.204. The average molecular weight is 579 g/mol. The number of furan rings is 1. The molecule has 45 heavy (non-hydrogen) atoms. The van der Waals surface area contributed by atoms with E-state index in [4.69, 9.17) is 4.42 Å². The second kappa shape index (κ2) is 11.6. The molecule has 7 aromatic carbocycles. The van der Waals surface area contributed by atoms with Gasteiger partial charge in [0.15, 0.2) is 5.58 Å². The van der Waals surface area contributed by atoms with Gasteiger partial charge < -0.3 is 14.6 Å². The third-order valence-corrected chi connectivity index (χ3v) is 8.26. The van der Waals surface area contributed by atoms with Crippen molar-refractivity contribution in [3.05, 3.63) is 176 Å². The van der Waals surface area contributed by atoms with Gasteiger partial charge in [0, 0.05) is 22.3 Å². The van der Waals surface area contributed by atoms with Gasteiger partial charge in [-0.3, -0.25) is 0 Å². The summed E-state index contributed by atoms with van der Waals surface area (Å²) >= 11 is 0. The molecule has 1 N–H and O–H groups in total. The monoisotopic (exact) mass is 578 g/mol. The van der Waals surface area contributed by atoms with Crippen LogP contribution in [-0.4, -0.2) is 0 Å². The van der Waals surface area contributed by atoms with Crippen LogP contribution in [0.15, 0.2) is 180 Å². The molecule has 0 unspecified atom stereocenters. The minimum Gasteiger partial charge on any atom is -0.454 e. The highest BCUT2D eigenvalue weighted by molar-refractivity contribution is 6.16. The first kappa shape index (κ1) is 26.6. The van der Waals surface area contributed by atoms with E-state index in [0.717, 1.165) is 55.9 Å². The summed E-state index contributed by atoms with van der Waals surface area (Å²) in [7, 11) is 0. The summed E-state index contributed by atoms with van der Waals surface area (Å²) in [5.41, 5.74) is 11.6. The number of para-hydroxylation sites is 3. The summed E-state index contributed by atoms with van der Waals surface area (Å²) in [4.78, 5) is 2.35. The van der Waals surface area contributed by atoms with Crippen molar-refractivity contribution in [3.63, 3.8) is 0 Å². The number of anilines is 5. The van der Waals surface area contributed by atoms with Crippen molar-refractivity contribution in [2.75, 3.05) is 10.2 Å². The van der Waals surface area contributed by atoms with Crippen molar-refractivity contribution in [2.24, 2.45) is 0 Å². The van der Waals surface area contributed by atoms with Crippen molar-refractivity contribution in [1.29, 1.82) is 0 Å². The van der Waals surface area contributed by atoms with E-state index in [1.807, 2.05) is 6.07 Å². The van der Waals surface area contributed by atoms with Crippen molar-refractivity contribution in [3.8, 4) is 22.3 Å². The van der Waals surface area contributed by atoms with Crippen LogP contribution in [0.2, 0.25) is 0 Å². The second-order valence-corrected chi connectivity index (χ2v) is 11.1. The van der Waals surface area contributed by atoms with Crippen molar-refractivity contribution in [1.82, 2.24) is 0 Å². The van der Waals surface area contributed by atoms with Crippen LogP contribution < -0.4 is 10.2 Å². The maximum atomic E-state index is 6.64. The number of nitrogens with one attached hydrogen (secondary N) is 1. The number of benzene rings is 7. The fourth-order valence-corrected chi connectivity index (χ4v) is 6.16. The van der Waals surface area contributed by atoms with Crippen LogP contribution in [-0.2, 0) is 0 Å². The van der Waals surface area contributed by atoms with Gasteiger partial charge in [0.2, 0.25) is 0 Å².